The third-order valence-corrected chi connectivity index (χ3v) is 10.1. The van der Waals surface area contributed by atoms with Crippen molar-refractivity contribution >= 4 is 0 Å². The molecule has 0 unspecified atom stereocenters. The summed E-state index contributed by atoms with van der Waals surface area (Å²) in [4.78, 5) is 0. The average molecular weight is 479 g/mol. The fourth-order valence-electron chi connectivity index (χ4n) is 7.65. The Kier molecular flexibility index (Phi) is 7.95. The highest BCUT2D eigenvalue weighted by Gasteiger charge is 2.32. The van der Waals surface area contributed by atoms with Crippen molar-refractivity contribution in [1.29, 1.82) is 0 Å². The molecule has 0 aliphatic heterocycles. The molecule has 0 N–H and O–H groups in total. The fourth-order valence-corrected chi connectivity index (χ4v) is 7.65. The van der Waals surface area contributed by atoms with Crippen molar-refractivity contribution in [1.82, 2.24) is 0 Å². The molecule has 3 fully saturated rings. The Labute approximate surface area is 211 Å². The molecule has 190 valence electrons. The Balaban J connectivity index is 1.12. The summed E-state index contributed by atoms with van der Waals surface area (Å²) >= 11 is 0. The molecule has 0 spiro atoms. The average Bonchev–Trinajstić information content (AvgIpc) is 2.89. The lowest BCUT2D eigenvalue weighted by Gasteiger charge is -2.38. The summed E-state index contributed by atoms with van der Waals surface area (Å²) in [7, 11) is 0. The van der Waals surface area contributed by atoms with Crippen molar-refractivity contribution in [3.63, 3.8) is 0 Å². The highest BCUT2D eigenvalue weighted by atomic mass is 19.1. The number of benzene rings is 2. The lowest BCUT2D eigenvalue weighted by molar-refractivity contribution is 0.176. The summed E-state index contributed by atoms with van der Waals surface area (Å²) in [5, 5.41) is 0. The van der Waals surface area contributed by atoms with Crippen LogP contribution in [0.4, 0.5) is 8.78 Å². The quantitative estimate of drug-likeness (QED) is 0.401. The van der Waals surface area contributed by atoms with Crippen LogP contribution in [0.25, 0.3) is 0 Å². The second-order valence-electron chi connectivity index (χ2n) is 12.2. The van der Waals surface area contributed by atoms with Crippen molar-refractivity contribution < 1.29 is 8.78 Å². The number of aryl methyl sites for hydroxylation is 1. The summed E-state index contributed by atoms with van der Waals surface area (Å²) in [6.45, 7) is 4.35. The number of rotatable bonds is 5. The maximum atomic E-state index is 15.2. The van der Waals surface area contributed by atoms with Crippen molar-refractivity contribution in [3.05, 3.63) is 70.3 Å². The first kappa shape index (κ1) is 25.0. The van der Waals surface area contributed by atoms with Crippen LogP contribution in [-0.4, -0.2) is 0 Å². The van der Waals surface area contributed by atoms with Gasteiger partial charge in [-0.2, -0.15) is 0 Å². The van der Waals surface area contributed by atoms with E-state index in [1.807, 2.05) is 19.1 Å². The third kappa shape index (κ3) is 5.67. The van der Waals surface area contributed by atoms with Gasteiger partial charge in [-0.1, -0.05) is 51.0 Å². The van der Waals surface area contributed by atoms with Crippen LogP contribution in [0.15, 0.2) is 36.4 Å². The molecule has 0 saturated heterocycles. The summed E-state index contributed by atoms with van der Waals surface area (Å²) in [5.74, 6) is 3.90. The monoisotopic (exact) mass is 478 g/mol. The van der Waals surface area contributed by atoms with Gasteiger partial charge in [0.1, 0.15) is 11.6 Å². The van der Waals surface area contributed by atoms with E-state index in [9.17, 15) is 4.39 Å². The molecule has 3 saturated carbocycles. The first-order chi connectivity index (χ1) is 17.0. The van der Waals surface area contributed by atoms with Gasteiger partial charge in [0, 0.05) is 0 Å². The van der Waals surface area contributed by atoms with Gasteiger partial charge in [-0.3, -0.25) is 0 Å². The SMILES string of the molecule is CCc1ccc(C2CCC(C3CCC(c4ccc(C5CCC(C)CC5)cc4F)CC3)CC2)cc1F. The largest absolute Gasteiger partial charge is 0.207 e. The zero-order chi connectivity index (χ0) is 24.4. The van der Waals surface area contributed by atoms with Crippen molar-refractivity contribution in [2.45, 2.75) is 115 Å². The zero-order valence-corrected chi connectivity index (χ0v) is 21.9. The Morgan fingerprint density at radius 3 is 1.60 bits per heavy atom. The van der Waals surface area contributed by atoms with Crippen LogP contribution in [0.3, 0.4) is 0 Å². The van der Waals surface area contributed by atoms with Crippen molar-refractivity contribution in [3.8, 4) is 0 Å². The minimum atomic E-state index is -0.0287. The molecule has 35 heavy (non-hydrogen) atoms. The van der Waals surface area contributed by atoms with Gasteiger partial charge in [0.2, 0.25) is 0 Å². The van der Waals surface area contributed by atoms with Gasteiger partial charge in [-0.15, -0.1) is 0 Å². The van der Waals surface area contributed by atoms with Crippen molar-refractivity contribution in [2.24, 2.45) is 17.8 Å². The topological polar surface area (TPSA) is 0 Å². The lowest BCUT2D eigenvalue weighted by atomic mass is 9.67. The highest BCUT2D eigenvalue weighted by Crippen LogP contribution is 2.46. The molecule has 3 aliphatic rings. The molecule has 2 aromatic rings. The van der Waals surface area contributed by atoms with E-state index >= 15 is 4.39 Å². The van der Waals surface area contributed by atoms with Crippen LogP contribution in [-0.2, 0) is 6.42 Å². The molecule has 0 amide bonds. The van der Waals surface area contributed by atoms with Crippen LogP contribution in [0, 0.1) is 29.4 Å². The predicted octanol–water partition coefficient (Wildman–Crippen LogP) is 10.1. The Morgan fingerprint density at radius 2 is 1.09 bits per heavy atom. The maximum Gasteiger partial charge on any atom is 0.126 e. The number of halogens is 2. The van der Waals surface area contributed by atoms with E-state index < -0.39 is 0 Å². The molecule has 0 radical (unpaired) electrons. The third-order valence-electron chi connectivity index (χ3n) is 10.1. The van der Waals surface area contributed by atoms with E-state index in [-0.39, 0.29) is 11.6 Å². The standard InChI is InChI=1S/C33H44F2/c1-3-23-8-17-29(20-32(23)34)27-11-9-24(10-12-27)25-13-15-28(16-14-25)31-19-18-30(21-33(31)35)26-6-4-22(2)5-7-26/h8,17-22,24-28H,3-7,9-16H2,1-2H3. The zero-order valence-electron chi connectivity index (χ0n) is 21.9. The van der Waals surface area contributed by atoms with Crippen molar-refractivity contribution in [2.75, 3.05) is 0 Å². The maximum absolute atomic E-state index is 15.2. The Bertz CT molecular complexity index is 971. The van der Waals surface area contributed by atoms with E-state index in [4.69, 9.17) is 0 Å². The molecule has 2 heteroatoms. The van der Waals surface area contributed by atoms with Gasteiger partial charge in [0.05, 0.1) is 0 Å². The van der Waals surface area contributed by atoms with Crippen LogP contribution in [0.5, 0.6) is 0 Å². The molecule has 0 heterocycles. The molecule has 5 rings (SSSR count). The molecular formula is C33H44F2. The molecule has 0 atom stereocenters. The lowest BCUT2D eigenvalue weighted by Crippen LogP contribution is -2.25. The van der Waals surface area contributed by atoms with Gasteiger partial charge in [0.15, 0.2) is 0 Å². The van der Waals surface area contributed by atoms with Gasteiger partial charge in [0.25, 0.3) is 0 Å². The molecule has 0 aromatic heterocycles. The van der Waals surface area contributed by atoms with E-state index in [1.54, 1.807) is 6.07 Å². The summed E-state index contributed by atoms with van der Waals surface area (Å²) in [6.07, 6.45) is 15.4. The molecule has 0 bridgehead atoms. The summed E-state index contributed by atoms with van der Waals surface area (Å²) in [6, 6.07) is 12.2. The first-order valence-corrected chi connectivity index (χ1v) is 14.6. The van der Waals surface area contributed by atoms with Crippen LogP contribution in [0.1, 0.15) is 131 Å². The highest BCUT2D eigenvalue weighted by molar-refractivity contribution is 5.30. The molecular weight excluding hydrogens is 434 g/mol. The van der Waals surface area contributed by atoms with Crippen LogP contribution < -0.4 is 0 Å². The van der Waals surface area contributed by atoms with E-state index in [0.29, 0.717) is 17.8 Å². The number of hydrogen-bond donors (Lipinski definition) is 0. The minimum Gasteiger partial charge on any atom is -0.207 e. The molecule has 2 aromatic carbocycles. The van der Waals surface area contributed by atoms with Gasteiger partial charge < -0.3 is 0 Å². The second-order valence-corrected chi connectivity index (χ2v) is 12.2. The minimum absolute atomic E-state index is 0.0287. The van der Waals surface area contributed by atoms with Gasteiger partial charge in [-0.25, -0.2) is 8.78 Å². The summed E-state index contributed by atoms with van der Waals surface area (Å²) < 4.78 is 29.5. The van der Waals surface area contributed by atoms with E-state index in [0.717, 1.165) is 48.1 Å². The first-order valence-electron chi connectivity index (χ1n) is 14.6. The Morgan fingerprint density at radius 1 is 0.600 bits per heavy atom. The summed E-state index contributed by atoms with van der Waals surface area (Å²) in [5.41, 5.74) is 4.22. The van der Waals surface area contributed by atoms with Crippen LogP contribution >= 0.6 is 0 Å². The fraction of sp³-hybridized carbons (Fsp3) is 0.636. The normalized spacial score (nSPS) is 31.9. The second kappa shape index (κ2) is 11.1. The van der Waals surface area contributed by atoms with Gasteiger partial charge >= 0.3 is 0 Å². The Hall–Kier alpha value is -1.70. The molecule has 3 aliphatic carbocycles. The smallest absolute Gasteiger partial charge is 0.126 e. The van der Waals surface area contributed by atoms with E-state index in [1.165, 1.54) is 75.3 Å². The molecule has 0 nitrogen and oxygen atoms in total. The van der Waals surface area contributed by atoms with Crippen LogP contribution in [0.2, 0.25) is 0 Å². The predicted molar refractivity (Wildman–Crippen MR) is 142 cm³/mol. The van der Waals surface area contributed by atoms with E-state index in [2.05, 4.69) is 25.1 Å². The van der Waals surface area contributed by atoms with Gasteiger partial charge in [-0.05, 0) is 141 Å². The number of hydrogen-bond acceptors (Lipinski definition) is 0.